The average molecular weight is 289 g/mol. The van der Waals surface area contributed by atoms with E-state index in [1.807, 2.05) is 24.3 Å². The van der Waals surface area contributed by atoms with Crippen molar-refractivity contribution in [2.24, 2.45) is 11.1 Å². The van der Waals surface area contributed by atoms with E-state index in [4.69, 9.17) is 5.73 Å². The number of carbonyl (C=O) groups excluding carboxylic acids is 1. The lowest BCUT2D eigenvalue weighted by Gasteiger charge is -2.38. The van der Waals surface area contributed by atoms with E-state index in [1.54, 1.807) is 0 Å². The second-order valence-electron chi connectivity index (χ2n) is 6.39. The number of amides is 1. The Hall–Kier alpha value is -1.39. The first kappa shape index (κ1) is 16.0. The Morgan fingerprint density at radius 3 is 2.43 bits per heavy atom. The third kappa shape index (κ3) is 4.55. The molecule has 2 rings (SSSR count). The first-order chi connectivity index (χ1) is 10.0. The highest BCUT2D eigenvalue weighted by molar-refractivity contribution is 5.92. The molecule has 0 radical (unpaired) electrons. The zero-order valence-corrected chi connectivity index (χ0v) is 13.2. The lowest BCUT2D eigenvalue weighted by Crippen LogP contribution is -2.42. The second kappa shape index (κ2) is 7.05. The van der Waals surface area contributed by atoms with Crippen molar-refractivity contribution >= 4 is 11.6 Å². The molecule has 0 saturated carbocycles. The molecule has 1 aliphatic heterocycles. The summed E-state index contributed by atoms with van der Waals surface area (Å²) in [6, 6.07) is 7.71. The summed E-state index contributed by atoms with van der Waals surface area (Å²) in [5, 5.41) is 2.95. The first-order valence-corrected chi connectivity index (χ1v) is 7.86. The highest BCUT2D eigenvalue weighted by atomic mass is 16.2. The molecular weight excluding hydrogens is 262 g/mol. The van der Waals surface area contributed by atoms with Crippen molar-refractivity contribution in [1.82, 2.24) is 4.90 Å². The van der Waals surface area contributed by atoms with Gasteiger partial charge in [-0.1, -0.05) is 32.4 Å². The molecule has 1 aromatic rings. The van der Waals surface area contributed by atoms with Crippen LogP contribution < -0.4 is 11.1 Å². The van der Waals surface area contributed by atoms with E-state index >= 15 is 0 Å². The van der Waals surface area contributed by atoms with Gasteiger partial charge in [0.15, 0.2) is 0 Å². The highest BCUT2D eigenvalue weighted by Gasteiger charge is 2.28. The maximum Gasteiger partial charge on any atom is 0.238 e. The van der Waals surface area contributed by atoms with Crippen LogP contribution in [0, 0.1) is 5.41 Å². The van der Waals surface area contributed by atoms with Crippen LogP contribution in [0.25, 0.3) is 0 Å². The van der Waals surface area contributed by atoms with Gasteiger partial charge >= 0.3 is 0 Å². The van der Waals surface area contributed by atoms with Crippen LogP contribution in [-0.2, 0) is 11.3 Å². The summed E-state index contributed by atoms with van der Waals surface area (Å²) in [6.07, 6.45) is 3.59. The maximum absolute atomic E-state index is 12.1. The average Bonchev–Trinajstić information content (AvgIpc) is 2.50. The number of piperidine rings is 1. The number of nitrogens with zero attached hydrogens (tertiary/aromatic N) is 1. The van der Waals surface area contributed by atoms with Gasteiger partial charge in [0.2, 0.25) is 5.91 Å². The summed E-state index contributed by atoms with van der Waals surface area (Å²) < 4.78 is 0. The van der Waals surface area contributed by atoms with E-state index in [1.165, 1.54) is 19.3 Å². The summed E-state index contributed by atoms with van der Waals surface area (Å²) in [6.45, 7) is 7.65. The van der Waals surface area contributed by atoms with Crippen molar-refractivity contribution in [1.29, 1.82) is 0 Å². The number of benzene rings is 1. The summed E-state index contributed by atoms with van der Waals surface area (Å²) in [4.78, 5) is 14.3. The molecule has 0 unspecified atom stereocenters. The van der Waals surface area contributed by atoms with E-state index in [0.29, 0.717) is 18.5 Å². The molecule has 21 heavy (non-hydrogen) atoms. The number of nitrogens with one attached hydrogen (secondary N) is 1. The predicted molar refractivity (Wildman–Crippen MR) is 87.0 cm³/mol. The minimum Gasteiger partial charge on any atom is -0.326 e. The normalized spacial score (nSPS) is 18.4. The summed E-state index contributed by atoms with van der Waals surface area (Å²) in [5.41, 5.74) is 7.94. The number of anilines is 1. The number of carbonyl (C=O) groups is 1. The van der Waals surface area contributed by atoms with Crippen molar-refractivity contribution in [2.45, 2.75) is 39.7 Å². The molecule has 116 valence electrons. The Labute approximate surface area is 127 Å². The molecule has 1 saturated heterocycles. The molecule has 1 aromatic carbocycles. The molecule has 1 aliphatic rings. The molecule has 0 spiro atoms. The summed E-state index contributed by atoms with van der Waals surface area (Å²) in [7, 11) is 0. The zero-order valence-electron chi connectivity index (χ0n) is 13.2. The third-order valence-electron chi connectivity index (χ3n) is 4.76. The number of rotatable bonds is 5. The van der Waals surface area contributed by atoms with Crippen molar-refractivity contribution in [3.63, 3.8) is 0 Å². The van der Waals surface area contributed by atoms with Gasteiger partial charge in [0.1, 0.15) is 0 Å². The number of hydrogen-bond donors (Lipinski definition) is 2. The summed E-state index contributed by atoms with van der Waals surface area (Å²) in [5.74, 6) is 0.0654. The van der Waals surface area contributed by atoms with Crippen molar-refractivity contribution in [3.05, 3.63) is 29.8 Å². The molecule has 4 heteroatoms. The van der Waals surface area contributed by atoms with Gasteiger partial charge in [-0.25, -0.2) is 0 Å². The van der Waals surface area contributed by atoms with Crippen LogP contribution in [0.1, 0.15) is 38.7 Å². The fourth-order valence-electron chi connectivity index (χ4n) is 2.73. The highest BCUT2D eigenvalue weighted by Crippen LogP contribution is 2.33. The fourth-order valence-corrected chi connectivity index (χ4v) is 2.73. The molecule has 1 fully saturated rings. The van der Waals surface area contributed by atoms with Gasteiger partial charge in [-0.15, -0.1) is 0 Å². The third-order valence-corrected chi connectivity index (χ3v) is 4.76. The van der Waals surface area contributed by atoms with Crippen molar-refractivity contribution < 1.29 is 4.79 Å². The van der Waals surface area contributed by atoms with E-state index in [2.05, 4.69) is 24.1 Å². The van der Waals surface area contributed by atoms with Gasteiger partial charge in [0.25, 0.3) is 0 Å². The Kier molecular flexibility index (Phi) is 5.37. The van der Waals surface area contributed by atoms with Crippen LogP contribution in [0.4, 0.5) is 5.69 Å². The molecule has 3 N–H and O–H groups in total. The monoisotopic (exact) mass is 289 g/mol. The van der Waals surface area contributed by atoms with Crippen LogP contribution in [0.2, 0.25) is 0 Å². The van der Waals surface area contributed by atoms with Gasteiger partial charge in [-0.2, -0.15) is 0 Å². The number of nitrogens with two attached hydrogens (primary N) is 1. The summed E-state index contributed by atoms with van der Waals surface area (Å²) >= 11 is 0. The Morgan fingerprint density at radius 2 is 1.90 bits per heavy atom. The SMILES string of the molecule is CCC1(C)CCN(CC(=O)Nc2ccc(CN)cc2)CC1. The lowest BCUT2D eigenvalue weighted by molar-refractivity contribution is -0.117. The van der Waals surface area contributed by atoms with Crippen LogP contribution in [0.5, 0.6) is 0 Å². The van der Waals surface area contributed by atoms with E-state index < -0.39 is 0 Å². The second-order valence-corrected chi connectivity index (χ2v) is 6.39. The standard InChI is InChI=1S/C17H27N3O/c1-3-17(2)8-10-20(11-9-17)13-16(21)19-15-6-4-14(12-18)5-7-15/h4-7H,3,8-13,18H2,1-2H3,(H,19,21). The number of likely N-dealkylation sites (tertiary alicyclic amines) is 1. The number of hydrogen-bond acceptors (Lipinski definition) is 3. The van der Waals surface area contributed by atoms with Crippen LogP contribution in [0.3, 0.4) is 0 Å². The molecule has 0 aromatic heterocycles. The Morgan fingerprint density at radius 1 is 1.29 bits per heavy atom. The Bertz CT molecular complexity index is 461. The molecular formula is C17H27N3O. The molecule has 0 bridgehead atoms. The van der Waals surface area contributed by atoms with Crippen LogP contribution in [0.15, 0.2) is 24.3 Å². The predicted octanol–water partition coefficient (Wildman–Crippen LogP) is 2.60. The van der Waals surface area contributed by atoms with E-state index in [-0.39, 0.29) is 5.91 Å². The van der Waals surface area contributed by atoms with E-state index in [9.17, 15) is 4.79 Å². The van der Waals surface area contributed by atoms with Gasteiger partial charge < -0.3 is 11.1 Å². The lowest BCUT2D eigenvalue weighted by atomic mass is 9.78. The van der Waals surface area contributed by atoms with E-state index in [0.717, 1.165) is 24.3 Å². The van der Waals surface area contributed by atoms with Gasteiger partial charge in [-0.3, -0.25) is 9.69 Å². The fraction of sp³-hybridized carbons (Fsp3) is 0.588. The van der Waals surface area contributed by atoms with Crippen molar-refractivity contribution in [3.8, 4) is 0 Å². The quantitative estimate of drug-likeness (QED) is 0.876. The molecule has 1 heterocycles. The van der Waals surface area contributed by atoms with Gasteiger partial charge in [0.05, 0.1) is 6.54 Å². The van der Waals surface area contributed by atoms with Crippen molar-refractivity contribution in [2.75, 3.05) is 25.0 Å². The smallest absolute Gasteiger partial charge is 0.238 e. The topological polar surface area (TPSA) is 58.4 Å². The minimum absolute atomic E-state index is 0.0654. The molecule has 4 nitrogen and oxygen atoms in total. The van der Waals surface area contributed by atoms with Gasteiger partial charge in [-0.05, 0) is 49.0 Å². The Balaban J connectivity index is 1.79. The molecule has 0 aliphatic carbocycles. The first-order valence-electron chi connectivity index (χ1n) is 7.86. The largest absolute Gasteiger partial charge is 0.326 e. The van der Waals surface area contributed by atoms with Crippen LogP contribution >= 0.6 is 0 Å². The maximum atomic E-state index is 12.1. The van der Waals surface area contributed by atoms with Crippen LogP contribution in [-0.4, -0.2) is 30.4 Å². The molecule has 1 amide bonds. The minimum atomic E-state index is 0.0654. The molecule has 0 atom stereocenters. The van der Waals surface area contributed by atoms with Gasteiger partial charge in [0, 0.05) is 12.2 Å². The zero-order chi connectivity index (χ0) is 15.3.